The Morgan fingerprint density at radius 3 is 2.39 bits per heavy atom. The average molecular weight is 533 g/mol. The number of rotatable bonds is 5. The molecular formula is C28H33ClO6S. The van der Waals surface area contributed by atoms with Crippen molar-refractivity contribution >= 4 is 23.4 Å². The van der Waals surface area contributed by atoms with Crippen molar-refractivity contribution in [3.05, 3.63) is 69.7 Å². The third-order valence-corrected chi connectivity index (χ3v) is 9.90. The highest BCUT2D eigenvalue weighted by molar-refractivity contribution is 7.99. The van der Waals surface area contributed by atoms with Crippen molar-refractivity contribution in [2.24, 2.45) is 5.92 Å². The van der Waals surface area contributed by atoms with Crippen LogP contribution in [0.3, 0.4) is 0 Å². The van der Waals surface area contributed by atoms with Gasteiger partial charge in [-0.3, -0.25) is 0 Å². The largest absolute Gasteiger partial charge is 0.387 e. The van der Waals surface area contributed by atoms with Gasteiger partial charge in [0.15, 0.2) is 5.79 Å². The van der Waals surface area contributed by atoms with E-state index in [1.54, 1.807) is 12.3 Å². The topological polar surface area (TPSA) is 88.4 Å². The van der Waals surface area contributed by atoms with Crippen LogP contribution in [-0.2, 0) is 26.0 Å². The van der Waals surface area contributed by atoms with Crippen molar-refractivity contribution in [2.45, 2.75) is 73.2 Å². The maximum absolute atomic E-state index is 10.6. The fourth-order valence-corrected chi connectivity index (χ4v) is 7.36. The molecule has 7 atom stereocenters. The molecule has 3 N–H and O–H groups in total. The first-order valence-electron chi connectivity index (χ1n) is 12.7. The monoisotopic (exact) mass is 532 g/mol. The highest BCUT2D eigenvalue weighted by Gasteiger charge is 2.62. The van der Waals surface area contributed by atoms with Crippen LogP contribution >= 0.6 is 23.4 Å². The Hall–Kier alpha value is -1.16. The Balaban J connectivity index is 1.17. The van der Waals surface area contributed by atoms with E-state index in [9.17, 15) is 15.3 Å². The summed E-state index contributed by atoms with van der Waals surface area (Å²) in [4.78, 5) is 0. The van der Waals surface area contributed by atoms with Gasteiger partial charge in [-0.15, -0.1) is 11.8 Å². The van der Waals surface area contributed by atoms with Crippen molar-refractivity contribution in [1.29, 1.82) is 0 Å². The first-order chi connectivity index (χ1) is 17.3. The summed E-state index contributed by atoms with van der Waals surface area (Å²) >= 11 is 7.86. The van der Waals surface area contributed by atoms with Gasteiger partial charge in [-0.1, -0.05) is 48.0 Å². The van der Waals surface area contributed by atoms with Crippen LogP contribution in [0.15, 0.2) is 42.5 Å². The smallest absolute Gasteiger partial charge is 0.168 e. The highest BCUT2D eigenvalue weighted by atomic mass is 35.5. The van der Waals surface area contributed by atoms with E-state index in [-0.39, 0.29) is 11.2 Å². The minimum atomic E-state index is -1.28. The number of fused-ring (bicyclic) bond motifs is 1. The van der Waals surface area contributed by atoms with E-state index < -0.39 is 29.9 Å². The van der Waals surface area contributed by atoms with Gasteiger partial charge in [-0.05, 0) is 65.2 Å². The molecule has 1 unspecified atom stereocenters. The first-order valence-corrected chi connectivity index (χ1v) is 14.4. The summed E-state index contributed by atoms with van der Waals surface area (Å²) in [5.74, 6) is 0.300. The van der Waals surface area contributed by atoms with Gasteiger partial charge in [0.05, 0.1) is 13.2 Å². The fraction of sp³-hybridized carbons (Fsp3) is 0.571. The van der Waals surface area contributed by atoms with Crippen molar-refractivity contribution in [3.63, 3.8) is 0 Å². The minimum Gasteiger partial charge on any atom is -0.387 e. The summed E-state index contributed by atoms with van der Waals surface area (Å²) in [6.45, 7) is 1.43. The molecule has 6 rings (SSSR count). The van der Waals surface area contributed by atoms with Crippen LogP contribution in [0.2, 0.25) is 5.02 Å². The lowest BCUT2D eigenvalue weighted by atomic mass is 9.80. The lowest BCUT2D eigenvalue weighted by Gasteiger charge is -2.40. The van der Waals surface area contributed by atoms with Gasteiger partial charge >= 0.3 is 0 Å². The summed E-state index contributed by atoms with van der Waals surface area (Å²) in [6.07, 6.45) is 2.33. The van der Waals surface area contributed by atoms with Gasteiger partial charge < -0.3 is 29.5 Å². The van der Waals surface area contributed by atoms with Crippen LogP contribution in [-0.4, -0.2) is 64.3 Å². The van der Waals surface area contributed by atoms with Crippen molar-refractivity contribution in [1.82, 2.24) is 0 Å². The molecule has 8 heteroatoms. The maximum atomic E-state index is 10.6. The van der Waals surface area contributed by atoms with E-state index in [1.165, 1.54) is 23.7 Å². The molecule has 0 radical (unpaired) electrons. The third kappa shape index (κ3) is 4.31. The van der Waals surface area contributed by atoms with Crippen LogP contribution in [0.25, 0.3) is 0 Å². The number of aliphatic hydroxyl groups excluding tert-OH is 3. The normalized spacial score (nSPS) is 37.1. The van der Waals surface area contributed by atoms with Crippen LogP contribution in [0, 0.1) is 5.92 Å². The second-order valence-corrected chi connectivity index (χ2v) is 12.1. The number of halogens is 1. The van der Waals surface area contributed by atoms with Gasteiger partial charge in [0.1, 0.15) is 29.9 Å². The molecule has 2 heterocycles. The van der Waals surface area contributed by atoms with E-state index in [0.29, 0.717) is 30.6 Å². The summed E-state index contributed by atoms with van der Waals surface area (Å²) in [6, 6.07) is 14.4. The zero-order chi connectivity index (χ0) is 25.1. The van der Waals surface area contributed by atoms with Crippen LogP contribution in [0.5, 0.6) is 0 Å². The lowest BCUT2D eigenvalue weighted by Crippen LogP contribution is -2.52. The molecule has 6 nitrogen and oxygen atoms in total. The zero-order valence-electron chi connectivity index (χ0n) is 20.3. The molecule has 0 amide bonds. The molecule has 1 spiro atoms. The first kappa shape index (κ1) is 25.1. The molecule has 194 valence electrons. The molecule has 2 aliphatic carbocycles. The summed E-state index contributed by atoms with van der Waals surface area (Å²) in [7, 11) is 0. The molecule has 0 bridgehead atoms. The molecule has 2 aromatic carbocycles. The van der Waals surface area contributed by atoms with Crippen molar-refractivity contribution in [3.8, 4) is 0 Å². The van der Waals surface area contributed by atoms with Gasteiger partial charge in [-0.2, -0.15) is 0 Å². The highest BCUT2D eigenvalue weighted by Crippen LogP contribution is 2.65. The fourth-order valence-electron chi connectivity index (χ4n) is 6.50. The van der Waals surface area contributed by atoms with Crippen LogP contribution in [0.1, 0.15) is 54.0 Å². The second kappa shape index (κ2) is 9.54. The van der Waals surface area contributed by atoms with E-state index in [1.807, 2.05) is 12.1 Å². The van der Waals surface area contributed by atoms with Gasteiger partial charge in [-0.25, -0.2) is 0 Å². The Labute approximate surface area is 220 Å². The zero-order valence-corrected chi connectivity index (χ0v) is 21.9. The predicted octanol–water partition coefficient (Wildman–Crippen LogP) is 3.96. The SMILES string of the molecule is CS[C@H]1OC(c2ccc(Cl)c(Cc3ccc([C@@]45CCC6(C[C@@H]4C5)OCCO6)cc3)c2)[C@H](O)[C@@H](O)[C@@H]1O. The maximum Gasteiger partial charge on any atom is 0.168 e. The standard InChI is InChI=1S/C28H33ClO6S/c1-36-26-24(32)22(30)23(31)25(35-26)17-4-7-21(29)18(13-17)12-16-2-5-19(6-3-16)27-8-9-28(15-20(27)14-27)33-10-11-34-28/h2-7,13,20,22-26,30-32H,8-12,14-15H2,1H3/t20-,22+,23+,24-,25?,26+,27-/m0/s1. The average Bonchev–Trinajstić information content (AvgIpc) is 3.44. The summed E-state index contributed by atoms with van der Waals surface area (Å²) in [5.41, 5.74) is 3.87. The predicted molar refractivity (Wildman–Crippen MR) is 138 cm³/mol. The number of thioether (sulfide) groups is 1. The quantitative estimate of drug-likeness (QED) is 0.537. The molecular weight excluding hydrogens is 500 g/mol. The van der Waals surface area contributed by atoms with E-state index >= 15 is 0 Å². The molecule has 2 aromatic rings. The van der Waals surface area contributed by atoms with Gasteiger partial charge in [0.25, 0.3) is 0 Å². The van der Waals surface area contributed by atoms with Gasteiger partial charge in [0, 0.05) is 17.9 Å². The number of hydrogen-bond acceptors (Lipinski definition) is 7. The number of hydrogen-bond donors (Lipinski definition) is 3. The summed E-state index contributed by atoms with van der Waals surface area (Å²) in [5, 5.41) is 31.7. The van der Waals surface area contributed by atoms with Crippen LogP contribution < -0.4 is 0 Å². The van der Waals surface area contributed by atoms with Crippen LogP contribution in [0.4, 0.5) is 0 Å². The Morgan fingerprint density at radius 2 is 1.69 bits per heavy atom. The number of ether oxygens (including phenoxy) is 3. The van der Waals surface area contributed by atoms with Gasteiger partial charge in [0.2, 0.25) is 0 Å². The van der Waals surface area contributed by atoms with Crippen molar-refractivity contribution < 1.29 is 29.5 Å². The van der Waals surface area contributed by atoms with E-state index in [0.717, 1.165) is 36.0 Å². The molecule has 2 saturated carbocycles. The molecule has 4 fully saturated rings. The lowest BCUT2D eigenvalue weighted by molar-refractivity contribution is -0.200. The molecule has 36 heavy (non-hydrogen) atoms. The molecule has 0 aromatic heterocycles. The Kier molecular flexibility index (Phi) is 6.66. The van der Waals surface area contributed by atoms with E-state index in [4.69, 9.17) is 25.8 Å². The molecule has 2 saturated heterocycles. The van der Waals surface area contributed by atoms with E-state index in [2.05, 4.69) is 24.3 Å². The third-order valence-electron chi connectivity index (χ3n) is 8.68. The Morgan fingerprint density at radius 1 is 0.944 bits per heavy atom. The Bertz CT molecular complexity index is 1100. The van der Waals surface area contributed by atoms with Crippen molar-refractivity contribution in [2.75, 3.05) is 19.5 Å². The second-order valence-electron chi connectivity index (χ2n) is 10.7. The molecule has 4 aliphatic rings. The molecule has 2 aliphatic heterocycles. The number of aliphatic hydroxyl groups is 3. The number of benzene rings is 2. The summed E-state index contributed by atoms with van der Waals surface area (Å²) < 4.78 is 17.8. The minimum absolute atomic E-state index is 0.268.